The van der Waals surface area contributed by atoms with Crippen molar-refractivity contribution in [2.75, 3.05) is 26.2 Å². The molecule has 0 saturated carbocycles. The van der Waals surface area contributed by atoms with Gasteiger partial charge in [0.25, 0.3) is 0 Å². The zero-order valence-electron chi connectivity index (χ0n) is 13.8. The Kier molecular flexibility index (Phi) is 5.11. The summed E-state index contributed by atoms with van der Waals surface area (Å²) >= 11 is 0. The van der Waals surface area contributed by atoms with E-state index in [1.807, 2.05) is 48.4 Å². The van der Waals surface area contributed by atoms with Crippen LogP contribution in [-0.2, 0) is 4.79 Å². The van der Waals surface area contributed by atoms with Gasteiger partial charge in [-0.25, -0.2) is 0 Å². The Labute approximate surface area is 141 Å². The van der Waals surface area contributed by atoms with E-state index in [0.29, 0.717) is 12.5 Å². The molecule has 0 aliphatic carbocycles. The summed E-state index contributed by atoms with van der Waals surface area (Å²) in [5, 5.41) is 8.92. The van der Waals surface area contributed by atoms with Gasteiger partial charge in [0.1, 0.15) is 5.75 Å². The quantitative estimate of drug-likeness (QED) is 0.884. The van der Waals surface area contributed by atoms with Gasteiger partial charge in [0, 0.05) is 18.3 Å². The average molecular weight is 326 g/mol. The predicted molar refractivity (Wildman–Crippen MR) is 92.3 cm³/mol. The van der Waals surface area contributed by atoms with Crippen molar-refractivity contribution in [1.82, 2.24) is 9.88 Å². The number of hydrogen-bond acceptors (Lipinski definition) is 4. The van der Waals surface area contributed by atoms with Crippen LogP contribution >= 0.6 is 0 Å². The maximum atomic E-state index is 10.8. The van der Waals surface area contributed by atoms with Crippen LogP contribution in [0.5, 0.6) is 5.75 Å². The zero-order valence-corrected chi connectivity index (χ0v) is 13.8. The van der Waals surface area contributed by atoms with Crippen LogP contribution in [0.15, 0.2) is 42.6 Å². The summed E-state index contributed by atoms with van der Waals surface area (Å²) < 4.78 is 5.47. The third kappa shape index (κ3) is 3.92. The molecule has 0 spiro atoms. The summed E-state index contributed by atoms with van der Waals surface area (Å²) in [6, 6.07) is 12.1. The Bertz CT molecular complexity index is 700. The maximum Gasteiger partial charge on any atom is 0.317 e. The lowest BCUT2D eigenvalue weighted by Gasteiger charge is -2.14. The molecule has 0 amide bonds. The van der Waals surface area contributed by atoms with Crippen LogP contribution in [0, 0.1) is 0 Å². The van der Waals surface area contributed by atoms with Gasteiger partial charge in [-0.05, 0) is 67.8 Å². The molecule has 1 aliphatic rings. The Morgan fingerprint density at radius 3 is 2.83 bits per heavy atom. The predicted octanol–water partition coefficient (Wildman–Crippen LogP) is 3.02. The Hall–Kier alpha value is -2.40. The molecule has 24 heavy (non-hydrogen) atoms. The van der Waals surface area contributed by atoms with Crippen LogP contribution in [-0.4, -0.2) is 47.2 Å². The lowest BCUT2D eigenvalue weighted by atomic mass is 9.97. The molecule has 1 aromatic carbocycles. The topological polar surface area (TPSA) is 62.7 Å². The van der Waals surface area contributed by atoms with Gasteiger partial charge in [0.05, 0.1) is 18.8 Å². The molecule has 2 aromatic rings. The van der Waals surface area contributed by atoms with Crippen LogP contribution < -0.4 is 4.74 Å². The molecule has 0 radical (unpaired) electrons. The number of aliphatic carboxylic acids is 1. The standard InChI is InChI=1S/C19H22N2O3/c1-2-24-17-5-3-14(4-6-17)18-11-15(7-9-20-18)16-8-10-21(12-16)13-19(22)23/h3-7,9,11,16H,2,8,10,12-13H2,1H3,(H,22,23)/t16-/m0/s1. The van der Waals surface area contributed by atoms with Crippen molar-refractivity contribution in [1.29, 1.82) is 0 Å². The summed E-state index contributed by atoms with van der Waals surface area (Å²) in [5.74, 6) is 0.465. The number of rotatable bonds is 6. The lowest BCUT2D eigenvalue weighted by Crippen LogP contribution is -2.27. The van der Waals surface area contributed by atoms with Gasteiger partial charge in [-0.3, -0.25) is 14.7 Å². The van der Waals surface area contributed by atoms with E-state index in [9.17, 15) is 4.79 Å². The van der Waals surface area contributed by atoms with Crippen LogP contribution in [0.1, 0.15) is 24.8 Å². The molecule has 126 valence electrons. The second-order valence-corrected chi connectivity index (χ2v) is 6.05. The summed E-state index contributed by atoms with van der Waals surface area (Å²) in [5.41, 5.74) is 3.22. The second kappa shape index (κ2) is 7.45. The van der Waals surface area contributed by atoms with Gasteiger partial charge >= 0.3 is 5.97 Å². The highest BCUT2D eigenvalue weighted by Crippen LogP contribution is 2.29. The number of carboxylic acids is 1. The number of pyridine rings is 1. The third-order valence-electron chi connectivity index (χ3n) is 4.35. The minimum Gasteiger partial charge on any atom is -0.494 e. The Balaban J connectivity index is 1.73. The van der Waals surface area contributed by atoms with Crippen LogP contribution in [0.25, 0.3) is 11.3 Å². The van der Waals surface area contributed by atoms with E-state index in [-0.39, 0.29) is 6.54 Å². The van der Waals surface area contributed by atoms with E-state index in [1.165, 1.54) is 5.56 Å². The Morgan fingerprint density at radius 2 is 2.12 bits per heavy atom. The molecule has 1 N–H and O–H groups in total. The molecule has 1 aliphatic heterocycles. The van der Waals surface area contributed by atoms with Crippen LogP contribution in [0.3, 0.4) is 0 Å². The first-order valence-electron chi connectivity index (χ1n) is 8.29. The van der Waals surface area contributed by atoms with Gasteiger partial charge in [0.2, 0.25) is 0 Å². The maximum absolute atomic E-state index is 10.8. The normalized spacial score (nSPS) is 17.8. The van der Waals surface area contributed by atoms with Crippen molar-refractivity contribution in [2.45, 2.75) is 19.3 Å². The lowest BCUT2D eigenvalue weighted by molar-refractivity contribution is -0.138. The van der Waals surface area contributed by atoms with E-state index in [4.69, 9.17) is 9.84 Å². The van der Waals surface area contributed by atoms with Crippen LogP contribution in [0.4, 0.5) is 0 Å². The fraction of sp³-hybridized carbons (Fsp3) is 0.368. The number of carboxylic acid groups (broad SMARTS) is 1. The van der Waals surface area contributed by atoms with Gasteiger partial charge in [-0.2, -0.15) is 0 Å². The first-order valence-corrected chi connectivity index (χ1v) is 8.29. The summed E-state index contributed by atoms with van der Waals surface area (Å²) in [7, 11) is 0. The van der Waals surface area contributed by atoms with E-state index in [0.717, 1.165) is 36.5 Å². The second-order valence-electron chi connectivity index (χ2n) is 6.05. The first-order chi connectivity index (χ1) is 11.7. The molecule has 0 bridgehead atoms. The van der Waals surface area contributed by atoms with E-state index < -0.39 is 5.97 Å². The molecule has 0 unspecified atom stereocenters. The highest BCUT2D eigenvalue weighted by Gasteiger charge is 2.25. The van der Waals surface area contributed by atoms with Crippen molar-refractivity contribution in [3.63, 3.8) is 0 Å². The van der Waals surface area contributed by atoms with Crippen molar-refractivity contribution in [3.05, 3.63) is 48.2 Å². The number of benzene rings is 1. The van der Waals surface area contributed by atoms with Gasteiger partial charge in [-0.15, -0.1) is 0 Å². The fourth-order valence-electron chi connectivity index (χ4n) is 3.19. The van der Waals surface area contributed by atoms with Crippen molar-refractivity contribution in [2.24, 2.45) is 0 Å². The molecular formula is C19H22N2O3. The molecule has 5 nitrogen and oxygen atoms in total. The fourth-order valence-corrected chi connectivity index (χ4v) is 3.19. The average Bonchev–Trinajstić information content (AvgIpc) is 3.04. The summed E-state index contributed by atoms with van der Waals surface area (Å²) in [4.78, 5) is 17.3. The number of nitrogens with zero attached hydrogens (tertiary/aromatic N) is 2. The number of aromatic nitrogens is 1. The summed E-state index contributed by atoms with van der Waals surface area (Å²) in [6.07, 6.45) is 2.82. The summed E-state index contributed by atoms with van der Waals surface area (Å²) in [6.45, 7) is 4.36. The minimum atomic E-state index is -0.763. The SMILES string of the molecule is CCOc1ccc(-c2cc([C@H]3CCN(CC(=O)O)C3)ccn2)cc1. The zero-order chi connectivity index (χ0) is 16.9. The Morgan fingerprint density at radius 1 is 1.33 bits per heavy atom. The number of hydrogen-bond donors (Lipinski definition) is 1. The molecule has 1 fully saturated rings. The minimum absolute atomic E-state index is 0.118. The number of carbonyl (C=O) groups is 1. The largest absolute Gasteiger partial charge is 0.494 e. The molecule has 3 rings (SSSR count). The molecule has 1 atom stereocenters. The van der Waals surface area contributed by atoms with E-state index in [2.05, 4.69) is 11.1 Å². The highest BCUT2D eigenvalue weighted by molar-refractivity contribution is 5.69. The van der Waals surface area contributed by atoms with Gasteiger partial charge in [-0.1, -0.05) is 0 Å². The van der Waals surface area contributed by atoms with E-state index in [1.54, 1.807) is 0 Å². The smallest absolute Gasteiger partial charge is 0.317 e. The van der Waals surface area contributed by atoms with Gasteiger partial charge < -0.3 is 9.84 Å². The van der Waals surface area contributed by atoms with Crippen molar-refractivity contribution >= 4 is 5.97 Å². The third-order valence-corrected chi connectivity index (χ3v) is 4.35. The van der Waals surface area contributed by atoms with Gasteiger partial charge in [0.15, 0.2) is 0 Å². The highest BCUT2D eigenvalue weighted by atomic mass is 16.5. The number of likely N-dealkylation sites (tertiary alicyclic amines) is 1. The molecule has 2 heterocycles. The molecule has 1 aromatic heterocycles. The molecule has 5 heteroatoms. The van der Waals surface area contributed by atoms with Crippen molar-refractivity contribution in [3.8, 4) is 17.0 Å². The first kappa shape index (κ1) is 16.5. The monoisotopic (exact) mass is 326 g/mol. The molecular weight excluding hydrogens is 304 g/mol. The molecule has 1 saturated heterocycles. The number of ether oxygens (including phenoxy) is 1. The van der Waals surface area contributed by atoms with E-state index >= 15 is 0 Å². The van der Waals surface area contributed by atoms with Crippen LogP contribution in [0.2, 0.25) is 0 Å². The van der Waals surface area contributed by atoms with Crippen molar-refractivity contribution < 1.29 is 14.6 Å².